The van der Waals surface area contributed by atoms with Crippen LogP contribution >= 0.6 is 11.9 Å². The summed E-state index contributed by atoms with van der Waals surface area (Å²) in [7, 11) is 0. The molecule has 6 nitrogen and oxygen atoms in total. The average molecular weight is 645 g/mol. The molecule has 7 heteroatoms. The highest BCUT2D eigenvalue weighted by Crippen LogP contribution is 2.34. The molecule has 2 N–H and O–H groups in total. The van der Waals surface area contributed by atoms with Gasteiger partial charge in [0.15, 0.2) is 0 Å². The second-order valence-corrected chi connectivity index (χ2v) is 13.6. The minimum atomic E-state index is -1.22. The van der Waals surface area contributed by atoms with E-state index in [1.54, 1.807) is 11.0 Å². The molecule has 0 aromatic heterocycles. The molecule has 0 radical (unpaired) electrons. The number of amides is 1. The molecule has 0 heterocycles. The van der Waals surface area contributed by atoms with Gasteiger partial charge in [-0.25, -0.2) is 9.10 Å². The molecule has 6 rings (SSSR count). The number of rotatable bonds is 11. The predicted molar refractivity (Wildman–Crippen MR) is 190 cm³/mol. The Hall–Kier alpha value is -4.59. The summed E-state index contributed by atoms with van der Waals surface area (Å²) in [6.45, 7) is 2.96. The number of anilines is 1. The lowest BCUT2D eigenvalue weighted by atomic mass is 9.84. The Labute approximate surface area is 280 Å². The van der Waals surface area contributed by atoms with E-state index in [1.807, 2.05) is 12.1 Å². The van der Waals surface area contributed by atoms with Crippen molar-refractivity contribution in [1.29, 1.82) is 0 Å². The van der Waals surface area contributed by atoms with Gasteiger partial charge in [-0.3, -0.25) is 4.79 Å². The maximum atomic E-state index is 14.3. The minimum Gasteiger partial charge on any atom is -0.507 e. The number of benzene rings is 5. The fourth-order valence-electron chi connectivity index (χ4n) is 6.35. The van der Waals surface area contributed by atoms with Gasteiger partial charge >= 0.3 is 5.97 Å². The first-order chi connectivity index (χ1) is 22.8. The molecule has 5 aromatic carbocycles. The van der Waals surface area contributed by atoms with Crippen molar-refractivity contribution in [3.63, 3.8) is 0 Å². The van der Waals surface area contributed by atoms with Crippen molar-refractivity contribution in [3.05, 3.63) is 137 Å². The van der Waals surface area contributed by atoms with E-state index in [0.29, 0.717) is 18.2 Å². The monoisotopic (exact) mass is 644 g/mol. The highest BCUT2D eigenvalue weighted by molar-refractivity contribution is 7.97. The summed E-state index contributed by atoms with van der Waals surface area (Å²) in [5.41, 5.74) is 4.80. The predicted octanol–water partition coefficient (Wildman–Crippen LogP) is 9.34. The average Bonchev–Trinajstić information content (AvgIpc) is 3.08. The molecule has 1 amide bonds. The summed E-state index contributed by atoms with van der Waals surface area (Å²) in [6, 6.07) is 35.7. The summed E-state index contributed by atoms with van der Waals surface area (Å²) in [5, 5.41) is 22.4. The number of hydrogen-bond acceptors (Lipinski definition) is 5. The van der Waals surface area contributed by atoms with Crippen molar-refractivity contribution >= 4 is 40.3 Å². The van der Waals surface area contributed by atoms with Crippen molar-refractivity contribution in [2.45, 2.75) is 62.9 Å². The van der Waals surface area contributed by atoms with Crippen molar-refractivity contribution in [2.24, 2.45) is 0 Å². The number of carboxylic acid groups (broad SMARTS) is 1. The second kappa shape index (κ2) is 14.9. The van der Waals surface area contributed by atoms with Crippen molar-refractivity contribution in [3.8, 4) is 5.75 Å². The van der Waals surface area contributed by atoms with E-state index in [4.69, 9.17) is 0 Å². The van der Waals surface area contributed by atoms with Gasteiger partial charge in [0, 0.05) is 23.2 Å². The smallest absolute Gasteiger partial charge is 0.339 e. The number of carbonyl (C=O) groups is 2. The first-order valence-electron chi connectivity index (χ1n) is 16.3. The van der Waals surface area contributed by atoms with Crippen LogP contribution in [0.1, 0.15) is 70.6 Å². The zero-order chi connectivity index (χ0) is 32.8. The number of carboxylic acids is 1. The van der Waals surface area contributed by atoms with Gasteiger partial charge in [-0.05, 0) is 95.4 Å². The lowest BCUT2D eigenvalue weighted by molar-refractivity contribution is -0.118. The fourth-order valence-corrected chi connectivity index (χ4v) is 7.30. The number of carbonyl (C=O) groups excluding carboxylic acids is 1. The summed E-state index contributed by atoms with van der Waals surface area (Å²) < 4.78 is 2.06. The Bertz CT molecular complexity index is 1850. The Morgan fingerprint density at radius 3 is 2.17 bits per heavy atom. The van der Waals surface area contributed by atoms with Crippen molar-refractivity contribution < 1.29 is 19.8 Å². The Kier molecular flexibility index (Phi) is 10.2. The number of aromatic hydroxyl groups is 1. The second-order valence-electron chi connectivity index (χ2n) is 12.4. The lowest BCUT2D eigenvalue weighted by Gasteiger charge is -2.28. The van der Waals surface area contributed by atoms with Crippen LogP contribution in [0.4, 0.5) is 5.69 Å². The number of aryl methyl sites for hydroxylation is 1. The van der Waals surface area contributed by atoms with Gasteiger partial charge < -0.3 is 15.1 Å². The van der Waals surface area contributed by atoms with E-state index in [1.165, 1.54) is 61.7 Å². The molecule has 5 aromatic rings. The number of hydrogen-bond donors (Lipinski definition) is 2. The Morgan fingerprint density at radius 2 is 1.47 bits per heavy atom. The quantitative estimate of drug-likeness (QED) is 0.140. The third kappa shape index (κ3) is 8.23. The van der Waals surface area contributed by atoms with Crippen LogP contribution in [-0.4, -0.2) is 32.9 Å². The molecule has 0 spiro atoms. The van der Waals surface area contributed by atoms with Crippen LogP contribution in [0, 0.1) is 6.92 Å². The van der Waals surface area contributed by atoms with Crippen LogP contribution in [0.15, 0.2) is 114 Å². The molecule has 240 valence electrons. The van der Waals surface area contributed by atoms with Crippen LogP contribution < -0.4 is 4.90 Å². The van der Waals surface area contributed by atoms with Crippen LogP contribution in [0.25, 0.3) is 10.8 Å². The minimum absolute atomic E-state index is 0.0902. The summed E-state index contributed by atoms with van der Waals surface area (Å²) in [5.74, 6) is -1.17. The molecule has 0 atom stereocenters. The molecule has 0 saturated heterocycles. The van der Waals surface area contributed by atoms with Crippen LogP contribution in [-0.2, 0) is 17.9 Å². The largest absolute Gasteiger partial charge is 0.507 e. The third-order valence-corrected chi connectivity index (χ3v) is 9.96. The molecule has 0 bridgehead atoms. The van der Waals surface area contributed by atoms with Gasteiger partial charge in [0.25, 0.3) is 0 Å². The molecule has 0 aliphatic heterocycles. The molecule has 47 heavy (non-hydrogen) atoms. The standard InChI is InChI=1S/C40H40N2O4S/c1-28-11-20-36(21-12-28)47-41(25-30-15-18-32-9-5-6-10-34(32)23-30)27-39(44)42(35-19-22-37(40(45)46)38(43)24-35)26-29-13-16-33(17-14-29)31-7-3-2-4-8-31/h5-6,9-24,31,43H,2-4,7-8,25-27H2,1H3,(H,45,46). The first-order valence-corrected chi connectivity index (χ1v) is 17.0. The molecule has 0 unspecified atom stereocenters. The number of phenols is 1. The lowest BCUT2D eigenvalue weighted by Crippen LogP contribution is -2.37. The maximum Gasteiger partial charge on any atom is 0.339 e. The third-order valence-electron chi connectivity index (χ3n) is 8.96. The van der Waals surface area contributed by atoms with Crippen LogP contribution in [0.5, 0.6) is 5.75 Å². The number of nitrogens with zero attached hydrogens (tertiary/aromatic N) is 2. The molecular weight excluding hydrogens is 605 g/mol. The topological polar surface area (TPSA) is 81.1 Å². The van der Waals surface area contributed by atoms with Gasteiger partial charge in [0.1, 0.15) is 11.3 Å². The zero-order valence-electron chi connectivity index (χ0n) is 26.6. The number of aromatic carboxylic acids is 1. The zero-order valence-corrected chi connectivity index (χ0v) is 27.5. The highest BCUT2D eigenvalue weighted by Gasteiger charge is 2.23. The molecule has 1 saturated carbocycles. The summed E-state index contributed by atoms with van der Waals surface area (Å²) in [6.07, 6.45) is 6.26. The summed E-state index contributed by atoms with van der Waals surface area (Å²) in [4.78, 5) is 28.6. The van der Waals surface area contributed by atoms with E-state index in [-0.39, 0.29) is 30.3 Å². The molecule has 1 aliphatic rings. The van der Waals surface area contributed by atoms with Gasteiger partial charge in [-0.2, -0.15) is 0 Å². The highest BCUT2D eigenvalue weighted by atomic mass is 32.2. The van der Waals surface area contributed by atoms with Gasteiger partial charge in [-0.1, -0.05) is 97.6 Å². The van der Waals surface area contributed by atoms with E-state index in [9.17, 15) is 19.8 Å². The van der Waals surface area contributed by atoms with Crippen molar-refractivity contribution in [1.82, 2.24) is 4.31 Å². The Balaban J connectivity index is 1.29. The summed E-state index contributed by atoms with van der Waals surface area (Å²) >= 11 is 1.53. The molecule has 1 fully saturated rings. The molecular formula is C40H40N2O4S. The normalized spacial score (nSPS) is 13.6. The van der Waals surface area contributed by atoms with Crippen molar-refractivity contribution in [2.75, 3.05) is 11.4 Å². The van der Waals surface area contributed by atoms with E-state index < -0.39 is 5.97 Å². The SMILES string of the molecule is Cc1ccc(SN(CC(=O)N(Cc2ccc(C3CCCCC3)cc2)c2ccc(C(=O)O)c(O)c2)Cc2ccc3ccccc3c2)cc1. The first kappa shape index (κ1) is 32.4. The Morgan fingerprint density at radius 1 is 0.766 bits per heavy atom. The van der Waals surface area contributed by atoms with Gasteiger partial charge in [0.2, 0.25) is 5.91 Å². The van der Waals surface area contributed by atoms with Gasteiger partial charge in [0.05, 0.1) is 13.1 Å². The van der Waals surface area contributed by atoms with Gasteiger partial charge in [-0.15, -0.1) is 0 Å². The number of fused-ring (bicyclic) bond motifs is 1. The van der Waals surface area contributed by atoms with E-state index >= 15 is 0 Å². The van der Waals surface area contributed by atoms with Crippen LogP contribution in [0.3, 0.4) is 0 Å². The fraction of sp³-hybridized carbons (Fsp3) is 0.250. The van der Waals surface area contributed by atoms with E-state index in [2.05, 4.69) is 90.1 Å². The van der Waals surface area contributed by atoms with E-state index in [0.717, 1.165) is 32.4 Å². The van der Waals surface area contributed by atoms with Crippen LogP contribution in [0.2, 0.25) is 0 Å². The maximum absolute atomic E-state index is 14.3. The molecule has 1 aliphatic carbocycles.